The topological polar surface area (TPSA) is 49.4 Å². The van der Waals surface area contributed by atoms with Crippen LogP contribution in [-0.2, 0) is 10.2 Å². The third kappa shape index (κ3) is 4.93. The maximum Gasteiger partial charge on any atom is 1.00 e. The summed E-state index contributed by atoms with van der Waals surface area (Å²) in [5.74, 6) is -0.694. The molecule has 0 bridgehead atoms. The van der Waals surface area contributed by atoms with Gasteiger partial charge >= 0.3 is 51.4 Å². The van der Waals surface area contributed by atoms with Crippen molar-refractivity contribution in [2.24, 2.45) is 0 Å². The van der Waals surface area contributed by atoms with Gasteiger partial charge in [0.15, 0.2) is 0 Å². The summed E-state index contributed by atoms with van der Waals surface area (Å²) < 4.78 is 5.08. The van der Waals surface area contributed by atoms with E-state index in [9.17, 15) is 9.90 Å². The van der Waals surface area contributed by atoms with Crippen molar-refractivity contribution in [1.29, 1.82) is 0 Å². The molecule has 0 aliphatic carbocycles. The molecule has 4 heteroatoms. The Labute approximate surface area is 167 Å². The van der Waals surface area contributed by atoms with E-state index in [4.69, 9.17) is 4.74 Å². The Morgan fingerprint density at radius 1 is 1.00 bits per heavy atom. The number of hydrogen-bond acceptors (Lipinski definition) is 3. The Balaban J connectivity index is 0.00000220. The molecule has 0 unspecified atom stereocenters. The molecule has 0 heterocycles. The summed E-state index contributed by atoms with van der Waals surface area (Å²) in [6.45, 7) is 3.88. The number of aliphatic carboxylic acids is 1. The van der Waals surface area contributed by atoms with Crippen LogP contribution in [0.1, 0.15) is 25.0 Å². The van der Waals surface area contributed by atoms with Crippen molar-refractivity contribution in [3.63, 3.8) is 0 Å². The number of carboxylic acid groups (broad SMARTS) is 1. The van der Waals surface area contributed by atoms with Crippen LogP contribution in [0, 0.1) is 0 Å². The van der Waals surface area contributed by atoms with Crippen LogP contribution in [0.2, 0.25) is 0 Å². The van der Waals surface area contributed by atoms with E-state index >= 15 is 0 Å². The van der Waals surface area contributed by atoms with Gasteiger partial charge in [-0.3, -0.25) is 0 Å². The Morgan fingerprint density at radius 2 is 1.52 bits per heavy atom. The van der Waals surface area contributed by atoms with Crippen LogP contribution in [-0.4, -0.2) is 12.6 Å². The summed E-state index contributed by atoms with van der Waals surface area (Å²) in [6.07, 6.45) is 0. The van der Waals surface area contributed by atoms with Gasteiger partial charge in [0, 0.05) is 5.41 Å². The smallest absolute Gasteiger partial charge is 0.546 e. The molecule has 0 N–H and O–H groups in total. The molecule has 0 aromatic heterocycles. The standard InChI is InChI=1S/C17H18O3.K/c1-17(2,13-6-4-3-5-7-13)14-8-10-15(11-9-14)20-12-16(18)19;/h3-11H,12H2,1-2H3,(H,18,19);/q;+1/p-1. The van der Waals surface area contributed by atoms with Crippen molar-refractivity contribution in [1.82, 2.24) is 0 Å². The quantitative estimate of drug-likeness (QED) is 0.676. The third-order valence-corrected chi connectivity index (χ3v) is 3.43. The molecular formula is C17H17KO3. The Bertz CT molecular complexity index is 577. The molecule has 2 aromatic carbocycles. The van der Waals surface area contributed by atoms with Crippen molar-refractivity contribution in [2.75, 3.05) is 6.61 Å². The van der Waals surface area contributed by atoms with E-state index in [1.165, 1.54) is 5.56 Å². The number of carboxylic acids is 1. The zero-order valence-electron chi connectivity index (χ0n) is 12.6. The first-order valence-corrected chi connectivity index (χ1v) is 6.49. The second-order valence-corrected chi connectivity index (χ2v) is 5.18. The van der Waals surface area contributed by atoms with E-state index < -0.39 is 12.6 Å². The van der Waals surface area contributed by atoms with Gasteiger partial charge in [-0.2, -0.15) is 0 Å². The Morgan fingerprint density at radius 3 is 2.05 bits per heavy atom. The Hall–Kier alpha value is -0.654. The maximum atomic E-state index is 10.3. The molecule has 104 valence electrons. The van der Waals surface area contributed by atoms with Crippen molar-refractivity contribution >= 4 is 5.97 Å². The number of rotatable bonds is 5. The molecule has 0 amide bonds. The number of hydrogen-bond donors (Lipinski definition) is 0. The van der Waals surface area contributed by atoms with Gasteiger partial charge in [-0.15, -0.1) is 0 Å². The van der Waals surface area contributed by atoms with Crippen LogP contribution in [0.4, 0.5) is 0 Å². The molecule has 0 fully saturated rings. The van der Waals surface area contributed by atoms with Crippen molar-refractivity contribution in [2.45, 2.75) is 19.3 Å². The van der Waals surface area contributed by atoms with Crippen LogP contribution in [0.15, 0.2) is 54.6 Å². The van der Waals surface area contributed by atoms with Crippen LogP contribution in [0.25, 0.3) is 0 Å². The first-order valence-electron chi connectivity index (χ1n) is 6.49. The fourth-order valence-corrected chi connectivity index (χ4v) is 2.13. The molecule has 0 saturated heterocycles. The molecule has 21 heavy (non-hydrogen) atoms. The molecule has 0 atom stereocenters. The third-order valence-electron chi connectivity index (χ3n) is 3.43. The molecule has 2 rings (SSSR count). The first kappa shape index (κ1) is 18.4. The van der Waals surface area contributed by atoms with E-state index in [2.05, 4.69) is 26.0 Å². The van der Waals surface area contributed by atoms with E-state index in [0.717, 1.165) is 5.56 Å². The number of ether oxygens (including phenoxy) is 1. The van der Waals surface area contributed by atoms with Crippen LogP contribution >= 0.6 is 0 Å². The first-order chi connectivity index (χ1) is 9.50. The minimum atomic E-state index is -1.22. The normalized spacial score (nSPS) is 10.6. The molecular weight excluding hydrogens is 291 g/mol. The van der Waals surface area contributed by atoms with Gasteiger partial charge in [-0.05, 0) is 23.3 Å². The monoisotopic (exact) mass is 308 g/mol. The number of carbonyl (C=O) groups excluding carboxylic acids is 1. The zero-order chi connectivity index (χ0) is 14.6. The maximum absolute atomic E-state index is 10.3. The van der Waals surface area contributed by atoms with Crippen molar-refractivity contribution in [3.8, 4) is 5.75 Å². The zero-order valence-corrected chi connectivity index (χ0v) is 15.8. The molecule has 0 aliphatic rings. The van der Waals surface area contributed by atoms with Crippen LogP contribution in [0.3, 0.4) is 0 Å². The number of benzene rings is 2. The van der Waals surface area contributed by atoms with Gasteiger partial charge in [0.25, 0.3) is 0 Å². The minimum absolute atomic E-state index is 0. The molecule has 0 aliphatic heterocycles. The summed E-state index contributed by atoms with van der Waals surface area (Å²) in [7, 11) is 0. The van der Waals surface area contributed by atoms with Crippen LogP contribution in [0.5, 0.6) is 5.75 Å². The summed E-state index contributed by atoms with van der Waals surface area (Å²) in [6, 6.07) is 17.7. The predicted octanol–water partition coefficient (Wildman–Crippen LogP) is -0.855. The van der Waals surface area contributed by atoms with Gasteiger partial charge in [-0.25, -0.2) is 0 Å². The minimum Gasteiger partial charge on any atom is -0.546 e. The molecule has 0 spiro atoms. The predicted molar refractivity (Wildman–Crippen MR) is 75.5 cm³/mol. The summed E-state index contributed by atoms with van der Waals surface area (Å²) in [5.41, 5.74) is 2.25. The fraction of sp³-hybridized carbons (Fsp3) is 0.235. The molecule has 0 saturated carbocycles. The summed E-state index contributed by atoms with van der Waals surface area (Å²) >= 11 is 0. The summed E-state index contributed by atoms with van der Waals surface area (Å²) in [4.78, 5) is 10.3. The molecule has 2 aromatic rings. The van der Waals surface area contributed by atoms with Gasteiger partial charge in [-0.1, -0.05) is 56.3 Å². The molecule has 3 nitrogen and oxygen atoms in total. The van der Waals surface area contributed by atoms with Crippen molar-refractivity contribution in [3.05, 3.63) is 65.7 Å². The van der Waals surface area contributed by atoms with Gasteiger partial charge in [0.2, 0.25) is 0 Å². The van der Waals surface area contributed by atoms with Gasteiger partial charge < -0.3 is 14.6 Å². The second-order valence-electron chi connectivity index (χ2n) is 5.18. The average Bonchev–Trinajstić information content (AvgIpc) is 2.46. The SMILES string of the molecule is CC(C)(c1ccccc1)c1ccc(OCC(=O)[O-])cc1.[K+]. The van der Waals surface area contributed by atoms with Crippen molar-refractivity contribution < 1.29 is 66.0 Å². The Kier molecular flexibility index (Phi) is 7.10. The van der Waals surface area contributed by atoms with E-state index in [0.29, 0.717) is 5.75 Å². The molecule has 0 radical (unpaired) electrons. The van der Waals surface area contributed by atoms with E-state index in [1.807, 2.05) is 30.3 Å². The van der Waals surface area contributed by atoms with Gasteiger partial charge in [0.05, 0.1) is 5.97 Å². The van der Waals surface area contributed by atoms with Gasteiger partial charge in [0.1, 0.15) is 12.4 Å². The fourth-order valence-electron chi connectivity index (χ4n) is 2.13. The van der Waals surface area contributed by atoms with E-state index in [-0.39, 0.29) is 56.8 Å². The van der Waals surface area contributed by atoms with E-state index in [1.54, 1.807) is 12.1 Å². The largest absolute Gasteiger partial charge is 1.00 e. The van der Waals surface area contributed by atoms with Crippen LogP contribution < -0.4 is 61.2 Å². The summed E-state index contributed by atoms with van der Waals surface area (Å²) in [5, 5.41) is 10.3. The average molecular weight is 308 g/mol. The second kappa shape index (κ2) is 8.10. The number of carbonyl (C=O) groups is 1.